The standard InChI is InChI=1S/C18H26F2N4O2S.HI/c1-2-21-18(22-10-13-7-9-27(25,26)12-13)23-14-6-8-24(11-14)17-15(19)4-3-5-16(17)20;/h3-5,13-14H,2,6-12H2,1H3,(H2,21,22,23);1H. The Balaban J connectivity index is 0.00000280. The number of nitrogens with one attached hydrogen (secondary N) is 2. The summed E-state index contributed by atoms with van der Waals surface area (Å²) in [5, 5.41) is 6.46. The van der Waals surface area contributed by atoms with Crippen LogP contribution in [0.3, 0.4) is 0 Å². The second-order valence-corrected chi connectivity index (χ2v) is 9.36. The molecule has 10 heteroatoms. The van der Waals surface area contributed by atoms with Crippen LogP contribution in [0.25, 0.3) is 0 Å². The van der Waals surface area contributed by atoms with Crippen molar-refractivity contribution in [3.05, 3.63) is 29.8 Å². The zero-order valence-electron chi connectivity index (χ0n) is 15.8. The van der Waals surface area contributed by atoms with E-state index in [-0.39, 0.29) is 53.1 Å². The minimum atomic E-state index is -2.91. The van der Waals surface area contributed by atoms with Gasteiger partial charge in [-0.2, -0.15) is 0 Å². The fourth-order valence-electron chi connectivity index (χ4n) is 3.62. The molecule has 0 radical (unpaired) electrons. The summed E-state index contributed by atoms with van der Waals surface area (Å²) < 4.78 is 51.1. The first-order valence-electron chi connectivity index (χ1n) is 9.32. The number of rotatable bonds is 5. The smallest absolute Gasteiger partial charge is 0.191 e. The molecule has 28 heavy (non-hydrogen) atoms. The molecule has 6 nitrogen and oxygen atoms in total. The number of hydrogen-bond donors (Lipinski definition) is 2. The molecule has 0 bridgehead atoms. The van der Waals surface area contributed by atoms with Crippen molar-refractivity contribution in [3.8, 4) is 0 Å². The van der Waals surface area contributed by atoms with Gasteiger partial charge in [0.1, 0.15) is 17.3 Å². The Morgan fingerprint density at radius 2 is 2.00 bits per heavy atom. The van der Waals surface area contributed by atoms with Crippen molar-refractivity contribution in [3.63, 3.8) is 0 Å². The molecule has 0 aliphatic carbocycles. The Morgan fingerprint density at radius 3 is 2.61 bits per heavy atom. The minimum absolute atomic E-state index is 0. The van der Waals surface area contributed by atoms with Crippen LogP contribution in [-0.2, 0) is 9.84 Å². The quantitative estimate of drug-likeness (QED) is 0.348. The van der Waals surface area contributed by atoms with Crippen LogP contribution >= 0.6 is 24.0 Å². The fourth-order valence-corrected chi connectivity index (χ4v) is 5.47. The molecular weight excluding hydrogens is 501 g/mol. The maximum Gasteiger partial charge on any atom is 0.191 e. The largest absolute Gasteiger partial charge is 0.365 e. The average Bonchev–Trinajstić information content (AvgIpc) is 3.19. The van der Waals surface area contributed by atoms with Gasteiger partial charge in [0.2, 0.25) is 0 Å². The Hall–Kier alpha value is -1.17. The Bertz CT molecular complexity index is 787. The molecule has 0 spiro atoms. The molecule has 1 aromatic rings. The van der Waals surface area contributed by atoms with Crippen molar-refractivity contribution in [2.75, 3.05) is 42.6 Å². The van der Waals surface area contributed by atoms with Crippen LogP contribution in [-0.4, -0.2) is 58.1 Å². The number of halogens is 3. The summed E-state index contributed by atoms with van der Waals surface area (Å²) in [6, 6.07) is 3.90. The molecule has 2 aliphatic rings. The molecule has 0 amide bonds. The molecule has 2 saturated heterocycles. The van der Waals surface area contributed by atoms with Crippen LogP contribution in [0.5, 0.6) is 0 Å². The summed E-state index contributed by atoms with van der Waals surface area (Å²) in [5.41, 5.74) is 0.0138. The second-order valence-electron chi connectivity index (χ2n) is 7.13. The molecule has 2 unspecified atom stereocenters. The molecule has 0 saturated carbocycles. The Kier molecular flexibility index (Phi) is 8.29. The third-order valence-corrected chi connectivity index (χ3v) is 6.80. The lowest BCUT2D eigenvalue weighted by Gasteiger charge is -2.21. The summed E-state index contributed by atoms with van der Waals surface area (Å²) in [7, 11) is -2.91. The van der Waals surface area contributed by atoms with E-state index in [0.717, 1.165) is 6.42 Å². The normalized spacial score (nSPS) is 24.1. The van der Waals surface area contributed by atoms with E-state index in [1.165, 1.54) is 18.2 Å². The highest BCUT2D eigenvalue weighted by molar-refractivity contribution is 14.0. The fraction of sp³-hybridized carbons (Fsp3) is 0.611. The lowest BCUT2D eigenvalue weighted by atomic mass is 10.1. The van der Waals surface area contributed by atoms with Gasteiger partial charge in [-0.1, -0.05) is 6.07 Å². The molecule has 2 heterocycles. The van der Waals surface area contributed by atoms with Crippen LogP contribution in [0.1, 0.15) is 19.8 Å². The summed E-state index contributed by atoms with van der Waals surface area (Å²) in [5.74, 6) is -0.0131. The van der Waals surface area contributed by atoms with Gasteiger partial charge in [0.05, 0.1) is 11.5 Å². The van der Waals surface area contributed by atoms with E-state index in [9.17, 15) is 17.2 Å². The highest BCUT2D eigenvalue weighted by atomic mass is 127. The van der Waals surface area contributed by atoms with Gasteiger partial charge in [0.15, 0.2) is 15.8 Å². The lowest BCUT2D eigenvalue weighted by Crippen LogP contribution is -2.45. The SMILES string of the molecule is CCNC(=NCC1CCS(=O)(=O)C1)NC1CCN(c2c(F)cccc2F)C1.I. The Labute approximate surface area is 182 Å². The van der Waals surface area contributed by atoms with Crippen molar-refractivity contribution in [2.45, 2.75) is 25.8 Å². The zero-order chi connectivity index (χ0) is 19.4. The number of nitrogens with zero attached hydrogens (tertiary/aromatic N) is 2. The van der Waals surface area contributed by atoms with Gasteiger partial charge in [-0.3, -0.25) is 4.99 Å². The molecule has 1 aromatic carbocycles. The van der Waals surface area contributed by atoms with Gasteiger partial charge in [-0.05, 0) is 37.8 Å². The maximum atomic E-state index is 14.0. The van der Waals surface area contributed by atoms with E-state index in [2.05, 4.69) is 15.6 Å². The number of sulfone groups is 1. The predicted octanol–water partition coefficient (Wildman–Crippen LogP) is 2.15. The highest BCUT2D eigenvalue weighted by Gasteiger charge is 2.29. The van der Waals surface area contributed by atoms with Gasteiger partial charge in [0, 0.05) is 32.2 Å². The maximum absolute atomic E-state index is 14.0. The number of guanidine groups is 1. The number of benzene rings is 1. The lowest BCUT2D eigenvalue weighted by molar-refractivity contribution is 0.574. The second kappa shape index (κ2) is 10.0. The van der Waals surface area contributed by atoms with Crippen LogP contribution in [0, 0.1) is 17.6 Å². The van der Waals surface area contributed by atoms with Crippen molar-refractivity contribution in [1.29, 1.82) is 0 Å². The number of para-hydroxylation sites is 1. The summed E-state index contributed by atoms with van der Waals surface area (Å²) >= 11 is 0. The number of aliphatic imine (C=N–C) groups is 1. The predicted molar refractivity (Wildman–Crippen MR) is 118 cm³/mol. The molecule has 2 aliphatic heterocycles. The van der Waals surface area contributed by atoms with Crippen LogP contribution < -0.4 is 15.5 Å². The zero-order valence-corrected chi connectivity index (χ0v) is 19.0. The van der Waals surface area contributed by atoms with Crippen molar-refractivity contribution in [1.82, 2.24) is 10.6 Å². The molecule has 3 rings (SSSR count). The summed E-state index contributed by atoms with van der Waals surface area (Å²) in [6.07, 6.45) is 1.38. The van der Waals surface area contributed by atoms with E-state index in [1.54, 1.807) is 4.90 Å². The number of hydrogen-bond acceptors (Lipinski definition) is 4. The molecule has 158 valence electrons. The van der Waals surface area contributed by atoms with E-state index in [4.69, 9.17) is 0 Å². The average molecular weight is 528 g/mol. The first kappa shape index (κ1) is 23.1. The first-order valence-corrected chi connectivity index (χ1v) is 11.1. The summed E-state index contributed by atoms with van der Waals surface area (Å²) in [6.45, 7) is 4.10. The van der Waals surface area contributed by atoms with Gasteiger partial charge in [-0.15, -0.1) is 24.0 Å². The van der Waals surface area contributed by atoms with Crippen molar-refractivity contribution >= 4 is 45.5 Å². The van der Waals surface area contributed by atoms with Gasteiger partial charge < -0.3 is 15.5 Å². The molecule has 2 fully saturated rings. The Morgan fingerprint density at radius 1 is 1.29 bits per heavy atom. The molecular formula is C18H27F2IN4O2S. The summed E-state index contributed by atoms with van der Waals surface area (Å²) in [4.78, 5) is 6.22. The van der Waals surface area contributed by atoms with Gasteiger partial charge in [0.25, 0.3) is 0 Å². The topological polar surface area (TPSA) is 73.8 Å². The number of anilines is 1. The van der Waals surface area contributed by atoms with E-state index in [0.29, 0.717) is 38.6 Å². The van der Waals surface area contributed by atoms with E-state index >= 15 is 0 Å². The van der Waals surface area contributed by atoms with Crippen molar-refractivity contribution < 1.29 is 17.2 Å². The van der Waals surface area contributed by atoms with Crippen LogP contribution in [0.15, 0.2) is 23.2 Å². The van der Waals surface area contributed by atoms with Crippen LogP contribution in [0.2, 0.25) is 0 Å². The van der Waals surface area contributed by atoms with Gasteiger partial charge >= 0.3 is 0 Å². The minimum Gasteiger partial charge on any atom is -0.365 e. The molecule has 2 atom stereocenters. The van der Waals surface area contributed by atoms with Gasteiger partial charge in [-0.25, -0.2) is 17.2 Å². The van der Waals surface area contributed by atoms with E-state index < -0.39 is 21.5 Å². The first-order chi connectivity index (χ1) is 12.9. The third-order valence-electron chi connectivity index (χ3n) is 4.96. The highest BCUT2D eigenvalue weighted by Crippen LogP contribution is 2.26. The third kappa shape index (κ3) is 5.91. The molecule has 2 N–H and O–H groups in total. The monoisotopic (exact) mass is 528 g/mol. The molecule has 0 aromatic heterocycles. The van der Waals surface area contributed by atoms with Crippen LogP contribution in [0.4, 0.5) is 14.5 Å². The van der Waals surface area contributed by atoms with Crippen molar-refractivity contribution in [2.24, 2.45) is 10.9 Å². The van der Waals surface area contributed by atoms with E-state index in [1.807, 2.05) is 6.92 Å².